The average Bonchev–Trinajstić information content (AvgIpc) is 2.87. The number of anilines is 1. The van der Waals surface area contributed by atoms with E-state index in [9.17, 15) is 0 Å². The van der Waals surface area contributed by atoms with Crippen LogP contribution >= 0.6 is 11.6 Å². The Labute approximate surface area is 117 Å². The van der Waals surface area contributed by atoms with Crippen molar-refractivity contribution in [2.24, 2.45) is 0 Å². The second-order valence-electron chi connectivity index (χ2n) is 4.48. The van der Waals surface area contributed by atoms with Gasteiger partial charge in [-0.25, -0.2) is 0 Å². The first-order valence-electron chi connectivity index (χ1n) is 6.11. The molecule has 0 radical (unpaired) electrons. The van der Waals surface area contributed by atoms with Crippen LogP contribution in [-0.4, -0.2) is 6.79 Å². The van der Waals surface area contributed by atoms with Crippen LogP contribution in [0.1, 0.15) is 11.1 Å². The lowest BCUT2D eigenvalue weighted by atomic mass is 10.1. The number of ether oxygens (including phenoxy) is 2. The fourth-order valence-corrected chi connectivity index (χ4v) is 2.38. The van der Waals surface area contributed by atoms with Gasteiger partial charge in [0.05, 0.1) is 5.02 Å². The first-order valence-corrected chi connectivity index (χ1v) is 6.49. The predicted octanol–water partition coefficient (Wildman–Crippen LogP) is 3.99. The molecule has 0 spiro atoms. The number of rotatable bonds is 3. The first-order chi connectivity index (χ1) is 9.24. The maximum Gasteiger partial charge on any atom is 0.231 e. The molecule has 0 fully saturated rings. The highest BCUT2D eigenvalue weighted by Crippen LogP contribution is 2.39. The number of aryl methyl sites for hydroxylation is 1. The molecule has 0 amide bonds. The van der Waals surface area contributed by atoms with Crippen LogP contribution in [0.4, 0.5) is 5.69 Å². The van der Waals surface area contributed by atoms with Gasteiger partial charge in [0.1, 0.15) is 0 Å². The highest BCUT2D eigenvalue weighted by molar-refractivity contribution is 6.32. The number of hydrogen-bond acceptors (Lipinski definition) is 3. The van der Waals surface area contributed by atoms with Crippen LogP contribution in [0.5, 0.6) is 11.5 Å². The number of fused-ring (bicyclic) bond motifs is 1. The van der Waals surface area contributed by atoms with Crippen molar-refractivity contribution in [2.45, 2.75) is 13.5 Å². The molecule has 0 aliphatic carbocycles. The smallest absolute Gasteiger partial charge is 0.231 e. The fourth-order valence-electron chi connectivity index (χ4n) is 2.09. The van der Waals surface area contributed by atoms with Crippen LogP contribution in [0.25, 0.3) is 0 Å². The van der Waals surface area contributed by atoms with E-state index in [4.69, 9.17) is 21.1 Å². The summed E-state index contributed by atoms with van der Waals surface area (Å²) in [7, 11) is 0. The Bertz CT molecular complexity index is 613. The number of nitrogens with one attached hydrogen (secondary N) is 1. The van der Waals surface area contributed by atoms with E-state index in [0.29, 0.717) is 23.1 Å². The van der Waals surface area contributed by atoms with Gasteiger partial charge in [0.2, 0.25) is 6.79 Å². The molecule has 1 heterocycles. The Morgan fingerprint density at radius 3 is 2.89 bits per heavy atom. The van der Waals surface area contributed by atoms with Crippen molar-refractivity contribution in [2.75, 3.05) is 12.1 Å². The third-order valence-corrected chi connectivity index (χ3v) is 3.40. The van der Waals surface area contributed by atoms with E-state index in [2.05, 4.69) is 24.4 Å². The Morgan fingerprint density at radius 2 is 2.05 bits per heavy atom. The van der Waals surface area contributed by atoms with Crippen LogP contribution in [-0.2, 0) is 6.54 Å². The summed E-state index contributed by atoms with van der Waals surface area (Å²) in [4.78, 5) is 0. The summed E-state index contributed by atoms with van der Waals surface area (Å²) in [6.45, 7) is 3.01. The van der Waals surface area contributed by atoms with Crippen molar-refractivity contribution in [1.82, 2.24) is 0 Å². The largest absolute Gasteiger partial charge is 0.454 e. The van der Waals surface area contributed by atoms with Gasteiger partial charge in [0.25, 0.3) is 0 Å². The molecule has 0 atom stereocenters. The van der Waals surface area contributed by atoms with Crippen molar-refractivity contribution in [3.63, 3.8) is 0 Å². The van der Waals surface area contributed by atoms with E-state index in [1.807, 2.05) is 24.3 Å². The summed E-state index contributed by atoms with van der Waals surface area (Å²) in [5.41, 5.74) is 3.41. The zero-order chi connectivity index (χ0) is 13.2. The zero-order valence-corrected chi connectivity index (χ0v) is 11.3. The second kappa shape index (κ2) is 5.02. The van der Waals surface area contributed by atoms with Gasteiger partial charge >= 0.3 is 0 Å². The topological polar surface area (TPSA) is 30.5 Å². The van der Waals surface area contributed by atoms with Crippen LogP contribution in [0.15, 0.2) is 36.4 Å². The van der Waals surface area contributed by atoms with Crippen molar-refractivity contribution < 1.29 is 9.47 Å². The van der Waals surface area contributed by atoms with Crippen molar-refractivity contribution in [1.29, 1.82) is 0 Å². The van der Waals surface area contributed by atoms with Crippen molar-refractivity contribution in [3.05, 3.63) is 52.5 Å². The summed E-state index contributed by atoms with van der Waals surface area (Å²) in [5.74, 6) is 1.36. The van der Waals surface area contributed by atoms with Gasteiger partial charge in [-0.1, -0.05) is 29.8 Å². The normalized spacial score (nSPS) is 12.5. The number of hydrogen-bond donors (Lipinski definition) is 1. The Balaban J connectivity index is 1.78. The first kappa shape index (κ1) is 12.2. The molecule has 0 bridgehead atoms. The average molecular weight is 276 g/mol. The fraction of sp³-hybridized carbons (Fsp3) is 0.200. The standard InChI is InChI=1S/C15H14ClNO2/c1-10-4-2-3-5-13(10)17-8-11-6-12(16)15-14(7-11)18-9-19-15/h2-7,17H,8-9H2,1H3. The van der Waals surface area contributed by atoms with E-state index in [-0.39, 0.29) is 6.79 Å². The molecular weight excluding hydrogens is 262 g/mol. The highest BCUT2D eigenvalue weighted by atomic mass is 35.5. The molecule has 0 unspecified atom stereocenters. The molecule has 19 heavy (non-hydrogen) atoms. The number of para-hydroxylation sites is 1. The SMILES string of the molecule is Cc1ccccc1NCc1cc(Cl)c2c(c1)OCO2. The van der Waals surface area contributed by atoms with Gasteiger partial charge in [-0.15, -0.1) is 0 Å². The summed E-state index contributed by atoms with van der Waals surface area (Å²) < 4.78 is 10.7. The highest BCUT2D eigenvalue weighted by Gasteiger charge is 2.18. The Kier molecular flexibility index (Phi) is 3.22. The second-order valence-corrected chi connectivity index (χ2v) is 4.89. The minimum atomic E-state index is 0.240. The van der Waals surface area contributed by atoms with E-state index in [1.165, 1.54) is 5.56 Å². The molecule has 1 aliphatic heterocycles. The maximum atomic E-state index is 6.16. The molecule has 0 aromatic heterocycles. The molecule has 1 aliphatic rings. The van der Waals surface area contributed by atoms with Crippen LogP contribution in [0.3, 0.4) is 0 Å². The van der Waals surface area contributed by atoms with Gasteiger partial charge in [-0.05, 0) is 36.2 Å². The van der Waals surface area contributed by atoms with E-state index in [1.54, 1.807) is 0 Å². The molecular formula is C15H14ClNO2. The van der Waals surface area contributed by atoms with Crippen LogP contribution in [0.2, 0.25) is 5.02 Å². The lowest BCUT2D eigenvalue weighted by molar-refractivity contribution is 0.174. The van der Waals surface area contributed by atoms with Gasteiger partial charge in [0, 0.05) is 12.2 Å². The summed E-state index contributed by atoms with van der Waals surface area (Å²) in [6, 6.07) is 12.0. The molecule has 3 nitrogen and oxygen atoms in total. The number of halogens is 1. The summed E-state index contributed by atoms with van der Waals surface area (Å²) in [6.07, 6.45) is 0. The predicted molar refractivity (Wildman–Crippen MR) is 76.1 cm³/mol. The number of benzene rings is 2. The molecule has 2 aromatic carbocycles. The lowest BCUT2D eigenvalue weighted by Crippen LogP contribution is -2.00. The van der Waals surface area contributed by atoms with Crippen molar-refractivity contribution in [3.8, 4) is 11.5 Å². The zero-order valence-electron chi connectivity index (χ0n) is 10.6. The minimum absolute atomic E-state index is 0.240. The third-order valence-electron chi connectivity index (χ3n) is 3.12. The van der Waals surface area contributed by atoms with E-state index >= 15 is 0 Å². The van der Waals surface area contributed by atoms with Gasteiger partial charge in [-0.3, -0.25) is 0 Å². The molecule has 98 valence electrons. The van der Waals surface area contributed by atoms with Gasteiger partial charge in [-0.2, -0.15) is 0 Å². The summed E-state index contributed by atoms with van der Waals surface area (Å²) in [5, 5.41) is 3.99. The van der Waals surface area contributed by atoms with Crippen LogP contribution in [0, 0.1) is 6.92 Å². The third kappa shape index (κ3) is 2.47. The van der Waals surface area contributed by atoms with Crippen molar-refractivity contribution >= 4 is 17.3 Å². The minimum Gasteiger partial charge on any atom is -0.454 e. The van der Waals surface area contributed by atoms with Crippen LogP contribution < -0.4 is 14.8 Å². The summed E-state index contributed by atoms with van der Waals surface area (Å²) >= 11 is 6.16. The quantitative estimate of drug-likeness (QED) is 0.919. The maximum absolute atomic E-state index is 6.16. The Hall–Kier alpha value is -1.87. The van der Waals surface area contributed by atoms with Gasteiger partial charge < -0.3 is 14.8 Å². The van der Waals surface area contributed by atoms with Gasteiger partial charge in [0.15, 0.2) is 11.5 Å². The molecule has 4 heteroatoms. The molecule has 2 aromatic rings. The monoisotopic (exact) mass is 275 g/mol. The van der Waals surface area contributed by atoms with E-state index < -0.39 is 0 Å². The molecule has 0 saturated carbocycles. The Morgan fingerprint density at radius 1 is 1.21 bits per heavy atom. The molecule has 0 saturated heterocycles. The molecule has 3 rings (SSSR count). The lowest BCUT2D eigenvalue weighted by Gasteiger charge is -2.10. The van der Waals surface area contributed by atoms with E-state index in [0.717, 1.165) is 11.3 Å². The molecule has 1 N–H and O–H groups in total.